The summed E-state index contributed by atoms with van der Waals surface area (Å²) in [6.45, 7) is 2.00. The van der Waals surface area contributed by atoms with Gasteiger partial charge in [-0.1, -0.05) is 84.9 Å². The predicted octanol–water partition coefficient (Wildman–Crippen LogP) is 4.32. The van der Waals surface area contributed by atoms with Gasteiger partial charge in [-0.25, -0.2) is 4.79 Å². The number of hydrogen-bond acceptors (Lipinski definition) is 2. The van der Waals surface area contributed by atoms with E-state index in [2.05, 4.69) is 17.4 Å². The molecule has 0 saturated carbocycles. The Bertz CT molecular complexity index is 968. The smallest absolute Gasteiger partial charge is 0.319 e. The van der Waals surface area contributed by atoms with Crippen LogP contribution in [-0.4, -0.2) is 16.8 Å². The first-order valence-corrected chi connectivity index (χ1v) is 8.92. The summed E-state index contributed by atoms with van der Waals surface area (Å²) in [4.78, 5) is 26.7. The lowest BCUT2D eigenvalue weighted by molar-refractivity contribution is -0.131. The average Bonchev–Trinajstić information content (AvgIpc) is 2.94. The van der Waals surface area contributed by atoms with Crippen molar-refractivity contribution in [2.45, 2.75) is 19.0 Å². The summed E-state index contributed by atoms with van der Waals surface area (Å²) in [5.41, 5.74) is 2.91. The molecule has 4 heteroatoms. The van der Waals surface area contributed by atoms with Crippen LogP contribution in [0.2, 0.25) is 0 Å². The lowest BCUT2D eigenvalue weighted by Gasteiger charge is -2.22. The second kappa shape index (κ2) is 6.72. The number of nitrogens with zero attached hydrogens (tertiary/aromatic N) is 1. The van der Waals surface area contributed by atoms with Gasteiger partial charge in [0.15, 0.2) is 0 Å². The first kappa shape index (κ1) is 17.0. The van der Waals surface area contributed by atoms with Crippen molar-refractivity contribution in [2.24, 2.45) is 0 Å². The molecule has 3 amide bonds. The van der Waals surface area contributed by atoms with Gasteiger partial charge in [0.2, 0.25) is 0 Å². The van der Waals surface area contributed by atoms with Crippen molar-refractivity contribution < 1.29 is 9.59 Å². The molecule has 1 aliphatic rings. The van der Waals surface area contributed by atoms with Crippen molar-refractivity contribution >= 4 is 11.9 Å². The summed E-state index contributed by atoms with van der Waals surface area (Å²) in [7, 11) is 0. The molecule has 1 atom stereocenters. The van der Waals surface area contributed by atoms with Gasteiger partial charge < -0.3 is 5.32 Å². The van der Waals surface area contributed by atoms with Crippen LogP contribution in [0.4, 0.5) is 4.79 Å². The van der Waals surface area contributed by atoms with Gasteiger partial charge in [-0.2, -0.15) is 0 Å². The van der Waals surface area contributed by atoms with Crippen LogP contribution in [-0.2, 0) is 16.9 Å². The summed E-state index contributed by atoms with van der Waals surface area (Å²) in [6.07, 6.45) is 0. The van der Waals surface area contributed by atoms with E-state index in [0.717, 1.165) is 22.3 Å². The fraction of sp³-hybridized carbons (Fsp3) is 0.130. The van der Waals surface area contributed by atoms with Crippen LogP contribution in [0.1, 0.15) is 18.1 Å². The van der Waals surface area contributed by atoms with Crippen molar-refractivity contribution in [1.82, 2.24) is 10.2 Å². The monoisotopic (exact) mass is 356 g/mol. The maximum absolute atomic E-state index is 13.0. The normalized spacial score (nSPS) is 19.2. The molecule has 1 heterocycles. The highest BCUT2D eigenvalue weighted by atomic mass is 16.2. The maximum Gasteiger partial charge on any atom is 0.325 e. The molecule has 134 valence electrons. The van der Waals surface area contributed by atoms with E-state index in [9.17, 15) is 9.59 Å². The predicted molar refractivity (Wildman–Crippen MR) is 105 cm³/mol. The lowest BCUT2D eigenvalue weighted by atomic mass is 9.92. The van der Waals surface area contributed by atoms with Crippen LogP contribution in [0.5, 0.6) is 0 Å². The number of amides is 3. The molecular formula is C23H20N2O2. The minimum absolute atomic E-state index is 0.231. The quantitative estimate of drug-likeness (QED) is 0.708. The fourth-order valence-electron chi connectivity index (χ4n) is 3.42. The third-order valence-corrected chi connectivity index (χ3v) is 5.03. The van der Waals surface area contributed by atoms with Gasteiger partial charge >= 0.3 is 6.03 Å². The van der Waals surface area contributed by atoms with Gasteiger partial charge in [0, 0.05) is 0 Å². The average molecular weight is 356 g/mol. The Morgan fingerprint density at radius 2 is 1.33 bits per heavy atom. The van der Waals surface area contributed by atoms with Gasteiger partial charge in [-0.15, -0.1) is 0 Å². The van der Waals surface area contributed by atoms with E-state index in [-0.39, 0.29) is 18.5 Å². The Balaban J connectivity index is 1.54. The summed E-state index contributed by atoms with van der Waals surface area (Å²) < 4.78 is 0. The minimum atomic E-state index is -1.03. The van der Waals surface area contributed by atoms with Gasteiger partial charge in [0.1, 0.15) is 5.54 Å². The number of hydrogen-bond donors (Lipinski definition) is 1. The molecule has 3 aromatic carbocycles. The number of nitrogens with one attached hydrogen (secondary N) is 1. The second-order valence-electron chi connectivity index (χ2n) is 6.88. The topological polar surface area (TPSA) is 49.4 Å². The molecule has 27 heavy (non-hydrogen) atoms. The van der Waals surface area contributed by atoms with E-state index >= 15 is 0 Å². The van der Waals surface area contributed by atoms with Crippen LogP contribution < -0.4 is 5.32 Å². The number of imide groups is 1. The number of benzene rings is 3. The highest BCUT2D eigenvalue weighted by Crippen LogP contribution is 2.30. The lowest BCUT2D eigenvalue weighted by Crippen LogP contribution is -2.40. The van der Waals surface area contributed by atoms with Crippen molar-refractivity contribution in [3.63, 3.8) is 0 Å². The molecule has 1 fully saturated rings. The van der Waals surface area contributed by atoms with Gasteiger partial charge in [0.05, 0.1) is 6.54 Å². The summed E-state index contributed by atoms with van der Waals surface area (Å²) in [5, 5.41) is 2.84. The van der Waals surface area contributed by atoms with Crippen molar-refractivity contribution in [1.29, 1.82) is 0 Å². The van der Waals surface area contributed by atoms with Gasteiger partial charge in [0.25, 0.3) is 5.91 Å². The Morgan fingerprint density at radius 3 is 1.96 bits per heavy atom. The minimum Gasteiger partial charge on any atom is -0.319 e. The Labute approximate surface area is 158 Å². The maximum atomic E-state index is 13.0. The first-order valence-electron chi connectivity index (χ1n) is 8.92. The molecule has 1 unspecified atom stereocenters. The largest absolute Gasteiger partial charge is 0.325 e. The molecule has 4 rings (SSSR count). The van der Waals surface area contributed by atoms with E-state index in [1.807, 2.05) is 72.8 Å². The van der Waals surface area contributed by atoms with E-state index < -0.39 is 5.54 Å². The summed E-state index contributed by atoms with van der Waals surface area (Å²) in [6, 6.07) is 27.0. The SMILES string of the molecule is CC1(c2ccccc2)NC(=O)N(Cc2ccc(-c3ccccc3)cc2)C1=O. The third kappa shape index (κ3) is 3.10. The fourth-order valence-corrected chi connectivity index (χ4v) is 3.42. The molecule has 4 nitrogen and oxygen atoms in total. The van der Waals surface area contributed by atoms with Crippen LogP contribution in [0.25, 0.3) is 11.1 Å². The van der Waals surface area contributed by atoms with E-state index in [0.29, 0.717) is 0 Å². The van der Waals surface area contributed by atoms with Crippen LogP contribution >= 0.6 is 0 Å². The summed E-state index contributed by atoms with van der Waals surface area (Å²) in [5.74, 6) is -0.231. The molecule has 0 radical (unpaired) electrons. The zero-order valence-corrected chi connectivity index (χ0v) is 15.1. The number of urea groups is 1. The highest BCUT2D eigenvalue weighted by Gasteiger charge is 2.48. The molecule has 0 aliphatic carbocycles. The number of carbonyl (C=O) groups is 2. The van der Waals surface area contributed by atoms with E-state index in [4.69, 9.17) is 0 Å². The van der Waals surface area contributed by atoms with Crippen molar-refractivity contribution in [3.8, 4) is 11.1 Å². The van der Waals surface area contributed by atoms with Crippen molar-refractivity contribution in [2.75, 3.05) is 0 Å². The standard InChI is InChI=1S/C23H20N2O2/c1-23(20-10-6-3-7-11-20)21(26)25(22(27)24-23)16-17-12-14-19(15-13-17)18-8-4-2-5-9-18/h2-15H,16H2,1H3,(H,24,27). The van der Waals surface area contributed by atoms with E-state index in [1.165, 1.54) is 4.90 Å². The van der Waals surface area contributed by atoms with Crippen LogP contribution in [0.3, 0.4) is 0 Å². The van der Waals surface area contributed by atoms with E-state index in [1.54, 1.807) is 6.92 Å². The van der Waals surface area contributed by atoms with Gasteiger partial charge in [-0.05, 0) is 29.2 Å². The van der Waals surface area contributed by atoms with Crippen LogP contribution in [0, 0.1) is 0 Å². The Kier molecular flexibility index (Phi) is 4.24. The molecule has 1 aliphatic heterocycles. The Hall–Kier alpha value is -3.40. The zero-order chi connectivity index (χ0) is 18.9. The van der Waals surface area contributed by atoms with Crippen LogP contribution in [0.15, 0.2) is 84.9 Å². The molecule has 0 spiro atoms. The van der Waals surface area contributed by atoms with Crippen molar-refractivity contribution in [3.05, 3.63) is 96.1 Å². The van der Waals surface area contributed by atoms with Gasteiger partial charge in [-0.3, -0.25) is 9.69 Å². The third-order valence-electron chi connectivity index (χ3n) is 5.03. The molecule has 0 bridgehead atoms. The molecule has 3 aromatic rings. The number of rotatable bonds is 4. The second-order valence-corrected chi connectivity index (χ2v) is 6.88. The number of carbonyl (C=O) groups excluding carboxylic acids is 2. The highest BCUT2D eigenvalue weighted by molar-refractivity contribution is 6.07. The molecule has 1 N–H and O–H groups in total. The zero-order valence-electron chi connectivity index (χ0n) is 15.1. The first-order chi connectivity index (χ1) is 13.1. The Morgan fingerprint density at radius 1 is 0.778 bits per heavy atom. The molecular weight excluding hydrogens is 336 g/mol. The molecule has 0 aromatic heterocycles. The summed E-state index contributed by atoms with van der Waals surface area (Å²) >= 11 is 0. The molecule has 1 saturated heterocycles.